The molecule has 0 amide bonds. The second-order valence-corrected chi connectivity index (χ2v) is 12.0. The first-order chi connectivity index (χ1) is 19.4. The minimum absolute atomic E-state index is 0.0194. The van der Waals surface area contributed by atoms with Crippen LogP contribution >= 0.6 is 0 Å². The van der Waals surface area contributed by atoms with Gasteiger partial charge in [0.15, 0.2) is 6.61 Å². The van der Waals surface area contributed by atoms with Crippen LogP contribution in [0, 0.1) is 6.92 Å². The van der Waals surface area contributed by atoms with E-state index < -0.39 is 34.3 Å². The number of likely N-dealkylation sites (tertiary alicyclic amines) is 1. The Hall–Kier alpha value is -3.83. The van der Waals surface area contributed by atoms with Gasteiger partial charge in [-0.25, -0.2) is 17.2 Å². The molecule has 3 aromatic carbocycles. The van der Waals surface area contributed by atoms with Crippen LogP contribution in [0.2, 0.25) is 0 Å². The normalized spacial score (nSPS) is 14.8. The fourth-order valence-electron chi connectivity index (χ4n) is 5.18. The molecular formula is C30H29F3N2O5S. The molecule has 0 aliphatic carbocycles. The van der Waals surface area contributed by atoms with Crippen LogP contribution in [-0.4, -0.2) is 48.1 Å². The molecule has 1 saturated heterocycles. The average molecular weight is 587 g/mol. The largest absolute Gasteiger partial charge is 0.482 e. The summed E-state index contributed by atoms with van der Waals surface area (Å²) in [6, 6.07) is 14.4. The number of aromatic nitrogens is 1. The van der Waals surface area contributed by atoms with E-state index in [2.05, 4.69) is 4.90 Å². The third kappa shape index (κ3) is 6.11. The predicted molar refractivity (Wildman–Crippen MR) is 148 cm³/mol. The van der Waals surface area contributed by atoms with E-state index in [4.69, 9.17) is 9.84 Å². The SMILES string of the molecule is Cc1cc(S(=O)(=O)n2cc(CN3CCCCC3)c3cc(-c4ccc(C(F)(F)F)cc4)ccc32)ccc1OCC(=O)O. The molecule has 216 valence electrons. The van der Waals surface area contributed by atoms with Gasteiger partial charge in [-0.15, -0.1) is 0 Å². The Labute approximate surface area is 235 Å². The van der Waals surface area contributed by atoms with Gasteiger partial charge in [0.2, 0.25) is 0 Å². The molecule has 0 spiro atoms. The van der Waals surface area contributed by atoms with Crippen molar-refractivity contribution in [3.05, 3.63) is 83.6 Å². The number of alkyl halides is 3. The van der Waals surface area contributed by atoms with E-state index in [9.17, 15) is 26.4 Å². The summed E-state index contributed by atoms with van der Waals surface area (Å²) in [4.78, 5) is 13.2. The minimum atomic E-state index is -4.44. The van der Waals surface area contributed by atoms with Crippen molar-refractivity contribution in [1.29, 1.82) is 0 Å². The summed E-state index contributed by atoms with van der Waals surface area (Å²) >= 11 is 0. The topological polar surface area (TPSA) is 88.8 Å². The molecule has 1 aliphatic heterocycles. The van der Waals surface area contributed by atoms with Gasteiger partial charge >= 0.3 is 12.1 Å². The van der Waals surface area contributed by atoms with Gasteiger partial charge in [0.05, 0.1) is 16.0 Å². The first kappa shape index (κ1) is 28.7. The van der Waals surface area contributed by atoms with Crippen molar-refractivity contribution in [2.24, 2.45) is 0 Å². The maximum atomic E-state index is 13.9. The molecular weight excluding hydrogens is 557 g/mol. The lowest BCUT2D eigenvalue weighted by molar-refractivity contribution is -0.139. The number of rotatable bonds is 8. The standard InChI is InChI=1S/C30H29F3N2O5S/c1-20-15-25(10-12-28(20)40-19-29(36)37)41(38,39)35-18-23(17-34-13-3-2-4-14-34)26-16-22(7-11-27(26)35)21-5-8-24(9-6-21)30(31,32)33/h5-12,15-16,18H,2-4,13-14,17,19H2,1H3,(H,36,37). The molecule has 11 heteroatoms. The van der Waals surface area contributed by atoms with Crippen LogP contribution in [0.3, 0.4) is 0 Å². The average Bonchev–Trinajstić information content (AvgIpc) is 3.30. The second kappa shape index (κ2) is 11.2. The summed E-state index contributed by atoms with van der Waals surface area (Å²) in [7, 11) is -4.05. The quantitative estimate of drug-likeness (QED) is 0.260. The fourth-order valence-corrected chi connectivity index (χ4v) is 6.65. The van der Waals surface area contributed by atoms with Gasteiger partial charge in [-0.3, -0.25) is 4.90 Å². The molecule has 2 heterocycles. The van der Waals surface area contributed by atoms with E-state index in [1.165, 1.54) is 34.3 Å². The molecule has 4 aromatic rings. The lowest BCUT2D eigenvalue weighted by atomic mass is 10.0. The van der Waals surface area contributed by atoms with Crippen molar-refractivity contribution >= 4 is 26.9 Å². The molecule has 1 aromatic heterocycles. The van der Waals surface area contributed by atoms with E-state index in [0.717, 1.165) is 50.0 Å². The van der Waals surface area contributed by atoms with Crippen molar-refractivity contribution in [2.45, 2.75) is 43.8 Å². The van der Waals surface area contributed by atoms with Crippen LogP contribution < -0.4 is 4.74 Å². The van der Waals surface area contributed by atoms with E-state index in [1.807, 2.05) is 6.07 Å². The Bertz CT molecular complexity index is 1690. The van der Waals surface area contributed by atoms with Crippen molar-refractivity contribution < 1.29 is 36.2 Å². The van der Waals surface area contributed by atoms with Crippen molar-refractivity contribution in [1.82, 2.24) is 8.87 Å². The summed E-state index contributed by atoms with van der Waals surface area (Å²) in [5.74, 6) is -0.868. The summed E-state index contributed by atoms with van der Waals surface area (Å²) in [5.41, 5.74) is 2.26. The smallest absolute Gasteiger partial charge is 0.416 e. The zero-order valence-electron chi connectivity index (χ0n) is 22.3. The van der Waals surface area contributed by atoms with Gasteiger partial charge in [0.1, 0.15) is 5.75 Å². The molecule has 1 fully saturated rings. The molecule has 1 N–H and O–H groups in total. The zero-order chi connectivity index (χ0) is 29.4. The Morgan fingerprint density at radius 2 is 1.63 bits per heavy atom. The van der Waals surface area contributed by atoms with Crippen LogP contribution in [0.25, 0.3) is 22.0 Å². The molecule has 0 radical (unpaired) electrons. The number of carbonyl (C=O) groups is 1. The molecule has 0 unspecified atom stereocenters. The van der Waals surface area contributed by atoms with E-state index in [-0.39, 0.29) is 10.6 Å². The van der Waals surface area contributed by atoms with Crippen LogP contribution in [-0.2, 0) is 27.5 Å². The van der Waals surface area contributed by atoms with Gasteiger partial charge in [-0.05, 0) is 97.6 Å². The van der Waals surface area contributed by atoms with Crippen molar-refractivity contribution in [2.75, 3.05) is 19.7 Å². The zero-order valence-corrected chi connectivity index (χ0v) is 23.1. The molecule has 0 bridgehead atoms. The number of hydrogen-bond donors (Lipinski definition) is 1. The lowest BCUT2D eigenvalue weighted by Gasteiger charge is -2.26. The van der Waals surface area contributed by atoms with Gasteiger partial charge < -0.3 is 9.84 Å². The Kier molecular flexibility index (Phi) is 7.85. The molecule has 5 rings (SSSR count). The van der Waals surface area contributed by atoms with Gasteiger partial charge in [-0.1, -0.05) is 24.6 Å². The third-order valence-corrected chi connectivity index (χ3v) is 8.97. The highest BCUT2D eigenvalue weighted by atomic mass is 32.2. The highest BCUT2D eigenvalue weighted by Gasteiger charge is 2.30. The van der Waals surface area contributed by atoms with E-state index >= 15 is 0 Å². The number of nitrogens with zero attached hydrogens (tertiary/aromatic N) is 2. The van der Waals surface area contributed by atoms with Crippen LogP contribution in [0.15, 0.2) is 71.8 Å². The van der Waals surface area contributed by atoms with Crippen molar-refractivity contribution in [3.8, 4) is 16.9 Å². The fraction of sp³-hybridized carbons (Fsp3) is 0.300. The maximum Gasteiger partial charge on any atom is 0.416 e. The first-order valence-corrected chi connectivity index (χ1v) is 14.6. The number of aliphatic carboxylic acids is 1. The van der Waals surface area contributed by atoms with Gasteiger partial charge in [0.25, 0.3) is 10.0 Å². The third-order valence-electron chi connectivity index (χ3n) is 7.30. The van der Waals surface area contributed by atoms with Crippen molar-refractivity contribution in [3.63, 3.8) is 0 Å². The number of piperidine rings is 1. The highest BCUT2D eigenvalue weighted by molar-refractivity contribution is 7.90. The number of fused-ring (bicyclic) bond motifs is 1. The van der Waals surface area contributed by atoms with Crippen LogP contribution in [0.4, 0.5) is 13.2 Å². The monoisotopic (exact) mass is 586 g/mol. The second-order valence-electron chi connectivity index (χ2n) is 10.2. The summed E-state index contributed by atoms with van der Waals surface area (Å²) in [6.07, 6.45) is 0.451. The van der Waals surface area contributed by atoms with Crippen LogP contribution in [0.5, 0.6) is 5.75 Å². The predicted octanol–water partition coefficient (Wildman–Crippen LogP) is 6.32. The number of benzene rings is 3. The molecule has 0 saturated carbocycles. The number of carboxylic acid groups (broad SMARTS) is 1. The molecule has 1 aliphatic rings. The summed E-state index contributed by atoms with van der Waals surface area (Å²) < 4.78 is 73.5. The molecule has 41 heavy (non-hydrogen) atoms. The number of ether oxygens (including phenoxy) is 1. The number of aryl methyl sites for hydroxylation is 1. The Morgan fingerprint density at radius 3 is 2.27 bits per heavy atom. The van der Waals surface area contributed by atoms with Crippen LogP contribution in [0.1, 0.15) is 36.0 Å². The van der Waals surface area contributed by atoms with Gasteiger partial charge in [0, 0.05) is 18.1 Å². The minimum Gasteiger partial charge on any atom is -0.482 e. The van der Waals surface area contributed by atoms with E-state index in [1.54, 1.807) is 25.3 Å². The van der Waals surface area contributed by atoms with E-state index in [0.29, 0.717) is 34.1 Å². The Balaban J connectivity index is 1.57. The summed E-state index contributed by atoms with van der Waals surface area (Å²) in [6.45, 7) is 3.43. The lowest BCUT2D eigenvalue weighted by Crippen LogP contribution is -2.29. The number of carboxylic acids is 1. The summed E-state index contributed by atoms with van der Waals surface area (Å²) in [5, 5.41) is 9.59. The Morgan fingerprint density at radius 1 is 0.951 bits per heavy atom. The number of halogens is 3. The molecule has 7 nitrogen and oxygen atoms in total. The maximum absolute atomic E-state index is 13.9. The van der Waals surface area contributed by atoms with Gasteiger partial charge in [-0.2, -0.15) is 13.2 Å². The first-order valence-electron chi connectivity index (χ1n) is 13.2. The highest BCUT2D eigenvalue weighted by Crippen LogP contribution is 2.34. The molecule has 0 atom stereocenters. The number of hydrogen-bond acceptors (Lipinski definition) is 5.